The third kappa shape index (κ3) is 4.14. The van der Waals surface area contributed by atoms with Gasteiger partial charge in [-0.1, -0.05) is 29.3 Å². The van der Waals surface area contributed by atoms with Gasteiger partial charge in [-0.25, -0.2) is 0 Å². The molecule has 0 radical (unpaired) electrons. The second-order valence-corrected chi connectivity index (χ2v) is 7.86. The fourth-order valence-corrected chi connectivity index (χ4v) is 4.19. The average Bonchev–Trinajstić information content (AvgIpc) is 2.89. The maximum atomic E-state index is 12.9. The summed E-state index contributed by atoms with van der Waals surface area (Å²) in [5.74, 6) is -1.48. The monoisotopic (exact) mass is 398 g/mol. The first-order valence-corrected chi connectivity index (χ1v) is 9.69. The van der Waals surface area contributed by atoms with Crippen molar-refractivity contribution < 1.29 is 14.4 Å². The van der Waals surface area contributed by atoms with E-state index in [0.29, 0.717) is 18.0 Å². The molecular formula is C22H23ClN2O3. The predicted octanol–water partition coefficient (Wildman–Crippen LogP) is 3.72. The Kier molecular flexibility index (Phi) is 5.94. The molecule has 1 fully saturated rings. The van der Waals surface area contributed by atoms with Gasteiger partial charge >= 0.3 is 0 Å². The van der Waals surface area contributed by atoms with Crippen LogP contribution in [-0.4, -0.2) is 29.0 Å². The van der Waals surface area contributed by atoms with Gasteiger partial charge in [0.15, 0.2) is 5.78 Å². The van der Waals surface area contributed by atoms with Gasteiger partial charge in [0.05, 0.1) is 0 Å². The van der Waals surface area contributed by atoms with Crippen molar-refractivity contribution in [3.8, 4) is 0 Å². The first-order chi connectivity index (χ1) is 13.3. The quantitative estimate of drug-likeness (QED) is 0.778. The van der Waals surface area contributed by atoms with Gasteiger partial charge in [-0.05, 0) is 56.0 Å². The van der Waals surface area contributed by atoms with E-state index in [9.17, 15) is 14.4 Å². The number of amides is 1. The van der Waals surface area contributed by atoms with Crippen LogP contribution in [0.25, 0.3) is 0 Å². The summed E-state index contributed by atoms with van der Waals surface area (Å²) in [6, 6.07) is 7.10. The van der Waals surface area contributed by atoms with E-state index in [1.807, 2.05) is 32.9 Å². The lowest BCUT2D eigenvalue weighted by atomic mass is 9.86. The summed E-state index contributed by atoms with van der Waals surface area (Å²) in [6.07, 6.45) is 2.12. The molecular weight excluding hydrogens is 376 g/mol. The van der Waals surface area contributed by atoms with Crippen LogP contribution in [0, 0.1) is 26.7 Å². The van der Waals surface area contributed by atoms with Crippen LogP contribution >= 0.6 is 11.6 Å². The molecule has 0 bridgehead atoms. The number of rotatable bonds is 5. The van der Waals surface area contributed by atoms with E-state index in [2.05, 4.69) is 10.3 Å². The van der Waals surface area contributed by atoms with Gasteiger partial charge in [-0.15, -0.1) is 0 Å². The van der Waals surface area contributed by atoms with Gasteiger partial charge in [-0.2, -0.15) is 0 Å². The van der Waals surface area contributed by atoms with Crippen molar-refractivity contribution >= 4 is 29.1 Å². The second-order valence-electron chi connectivity index (χ2n) is 7.42. The van der Waals surface area contributed by atoms with Gasteiger partial charge in [0.1, 0.15) is 17.4 Å². The highest BCUT2D eigenvalue weighted by Crippen LogP contribution is 2.37. The fraction of sp³-hybridized carbons (Fsp3) is 0.364. The molecule has 1 aliphatic carbocycles. The van der Waals surface area contributed by atoms with Gasteiger partial charge in [-0.3, -0.25) is 19.4 Å². The molecule has 2 unspecified atom stereocenters. The van der Waals surface area contributed by atoms with Crippen LogP contribution in [-0.2, 0) is 9.59 Å². The summed E-state index contributed by atoms with van der Waals surface area (Å²) < 4.78 is 0. The highest BCUT2D eigenvalue weighted by atomic mass is 35.5. The Labute approximate surface area is 169 Å². The minimum Gasteiger partial charge on any atom is -0.351 e. The largest absolute Gasteiger partial charge is 0.351 e. The van der Waals surface area contributed by atoms with Crippen LogP contribution in [0.15, 0.2) is 30.5 Å². The van der Waals surface area contributed by atoms with E-state index in [-0.39, 0.29) is 35.5 Å². The van der Waals surface area contributed by atoms with Crippen LogP contribution in [0.5, 0.6) is 0 Å². The lowest BCUT2D eigenvalue weighted by Crippen LogP contribution is -2.28. The standard InChI is InChI=1S/C22H23ClN2O3/c1-12-8-13(2)19(14(3)9-12)20-18(26)10-15(21(20)27)4-6-25-22(28)17-11-16(23)5-7-24-17/h5,7-9,11,15,20H,4,6,10H2,1-3H3,(H,25,28). The molecule has 5 nitrogen and oxygen atoms in total. The molecule has 0 saturated heterocycles. The molecule has 1 heterocycles. The topological polar surface area (TPSA) is 76.1 Å². The van der Waals surface area contributed by atoms with Crippen molar-refractivity contribution in [1.82, 2.24) is 10.3 Å². The Morgan fingerprint density at radius 2 is 1.86 bits per heavy atom. The molecule has 146 valence electrons. The first kappa shape index (κ1) is 20.2. The van der Waals surface area contributed by atoms with Crippen molar-refractivity contribution in [2.45, 2.75) is 39.5 Å². The highest BCUT2D eigenvalue weighted by Gasteiger charge is 2.42. The molecule has 1 amide bonds. The van der Waals surface area contributed by atoms with Crippen LogP contribution in [0.1, 0.15) is 51.5 Å². The van der Waals surface area contributed by atoms with E-state index in [1.165, 1.54) is 12.3 Å². The number of carbonyl (C=O) groups is 3. The van der Waals surface area contributed by atoms with Crippen LogP contribution in [0.3, 0.4) is 0 Å². The first-order valence-electron chi connectivity index (χ1n) is 9.32. The molecule has 6 heteroatoms. The van der Waals surface area contributed by atoms with Crippen molar-refractivity contribution in [2.24, 2.45) is 5.92 Å². The lowest BCUT2D eigenvalue weighted by molar-refractivity contribution is -0.124. The molecule has 1 N–H and O–H groups in total. The van der Waals surface area contributed by atoms with E-state index in [4.69, 9.17) is 11.6 Å². The maximum absolute atomic E-state index is 12.9. The van der Waals surface area contributed by atoms with E-state index in [1.54, 1.807) is 6.07 Å². The Bertz CT molecular complexity index is 932. The SMILES string of the molecule is Cc1cc(C)c(C2C(=O)CC(CCNC(=O)c3cc(Cl)ccn3)C2=O)c(C)c1. The maximum Gasteiger partial charge on any atom is 0.269 e. The summed E-state index contributed by atoms with van der Waals surface area (Å²) in [7, 11) is 0. The Morgan fingerprint density at radius 1 is 1.18 bits per heavy atom. The number of aromatic nitrogens is 1. The lowest BCUT2D eigenvalue weighted by Gasteiger charge is -2.16. The molecule has 1 aromatic heterocycles. The Hall–Kier alpha value is -2.53. The van der Waals surface area contributed by atoms with Crippen molar-refractivity contribution in [1.29, 1.82) is 0 Å². The smallest absolute Gasteiger partial charge is 0.269 e. The molecule has 2 aromatic rings. The number of aryl methyl sites for hydroxylation is 3. The number of hydrogen-bond acceptors (Lipinski definition) is 4. The summed E-state index contributed by atoms with van der Waals surface area (Å²) in [5, 5.41) is 3.18. The molecule has 1 aromatic carbocycles. The fourth-order valence-electron chi connectivity index (χ4n) is 4.03. The molecule has 0 aliphatic heterocycles. The third-order valence-electron chi connectivity index (χ3n) is 5.22. The molecule has 2 atom stereocenters. The van der Waals surface area contributed by atoms with Crippen LogP contribution in [0.4, 0.5) is 0 Å². The molecule has 0 spiro atoms. The van der Waals surface area contributed by atoms with Gasteiger partial charge in [0, 0.05) is 30.1 Å². The number of hydrogen-bond donors (Lipinski definition) is 1. The van der Waals surface area contributed by atoms with E-state index < -0.39 is 5.92 Å². The van der Waals surface area contributed by atoms with Crippen molar-refractivity contribution in [2.75, 3.05) is 6.54 Å². The summed E-state index contributed by atoms with van der Waals surface area (Å²) >= 11 is 5.87. The minimum absolute atomic E-state index is 0.0344. The normalized spacial score (nSPS) is 19.1. The summed E-state index contributed by atoms with van der Waals surface area (Å²) in [5.41, 5.74) is 4.14. The van der Waals surface area contributed by atoms with Crippen molar-refractivity contribution in [3.05, 3.63) is 63.4 Å². The molecule has 1 aliphatic rings. The van der Waals surface area contributed by atoms with Crippen LogP contribution in [0.2, 0.25) is 5.02 Å². The number of benzene rings is 1. The number of carbonyl (C=O) groups excluding carboxylic acids is 3. The Morgan fingerprint density at radius 3 is 2.50 bits per heavy atom. The number of nitrogens with zero attached hydrogens (tertiary/aromatic N) is 1. The predicted molar refractivity (Wildman–Crippen MR) is 108 cm³/mol. The number of pyridine rings is 1. The molecule has 1 saturated carbocycles. The summed E-state index contributed by atoms with van der Waals surface area (Å²) in [6.45, 7) is 6.19. The number of Topliss-reactive ketones (excluding diaryl/α,β-unsaturated/α-hetero) is 2. The number of halogens is 1. The van der Waals surface area contributed by atoms with E-state index in [0.717, 1.165) is 22.3 Å². The van der Waals surface area contributed by atoms with Gasteiger partial charge in [0.2, 0.25) is 0 Å². The number of ketones is 2. The minimum atomic E-state index is -0.684. The average molecular weight is 399 g/mol. The zero-order valence-electron chi connectivity index (χ0n) is 16.2. The van der Waals surface area contributed by atoms with Crippen molar-refractivity contribution in [3.63, 3.8) is 0 Å². The Balaban J connectivity index is 1.65. The van der Waals surface area contributed by atoms with E-state index >= 15 is 0 Å². The second kappa shape index (κ2) is 8.23. The zero-order chi connectivity index (χ0) is 20.4. The summed E-state index contributed by atoms with van der Waals surface area (Å²) in [4.78, 5) is 41.7. The van der Waals surface area contributed by atoms with Crippen LogP contribution < -0.4 is 5.32 Å². The number of nitrogens with one attached hydrogen (secondary N) is 1. The van der Waals surface area contributed by atoms with Gasteiger partial charge in [0.25, 0.3) is 5.91 Å². The molecule has 28 heavy (non-hydrogen) atoms. The highest BCUT2D eigenvalue weighted by molar-refractivity contribution is 6.30. The molecule has 3 rings (SSSR count). The van der Waals surface area contributed by atoms with Gasteiger partial charge < -0.3 is 5.32 Å². The third-order valence-corrected chi connectivity index (χ3v) is 5.45. The zero-order valence-corrected chi connectivity index (χ0v) is 17.0.